The van der Waals surface area contributed by atoms with Gasteiger partial charge < -0.3 is 5.11 Å². The van der Waals surface area contributed by atoms with Gasteiger partial charge in [0.05, 0.1) is 5.56 Å². The monoisotopic (exact) mass is 270 g/mol. The normalized spacial score (nSPS) is 11.8. The number of phenolic OH excluding ortho intramolecular Hbond substituents is 1. The number of benzene rings is 1. The van der Waals surface area contributed by atoms with E-state index in [1.165, 1.54) is 25.3 Å². The lowest BCUT2D eigenvalue weighted by Gasteiger charge is -2.00. The number of aromatic hydroxyl groups is 1. The standard InChI is InChI=1S/C18H22O2/c1-2-3-4-5-6-7-8-9-10-12-16-13-11-14-18(20)17(16)15-19/h6-15,20H,2-5H2,1H3. The number of carbonyl (C=O) groups is 1. The molecule has 0 atom stereocenters. The Labute approximate surface area is 121 Å². The first-order valence-electron chi connectivity index (χ1n) is 7.06. The Bertz CT molecular complexity index is 496. The summed E-state index contributed by atoms with van der Waals surface area (Å²) in [4.78, 5) is 10.9. The lowest BCUT2D eigenvalue weighted by atomic mass is 10.1. The summed E-state index contributed by atoms with van der Waals surface area (Å²) in [5.74, 6) is 0.0157. The number of unbranched alkanes of at least 4 members (excludes halogenated alkanes) is 3. The van der Waals surface area contributed by atoms with Gasteiger partial charge in [0.1, 0.15) is 5.75 Å². The number of hydrogen-bond acceptors (Lipinski definition) is 2. The molecule has 20 heavy (non-hydrogen) atoms. The van der Waals surface area contributed by atoms with Crippen LogP contribution in [0, 0.1) is 0 Å². The summed E-state index contributed by atoms with van der Waals surface area (Å²) in [7, 11) is 0. The molecular formula is C18H22O2. The molecule has 2 nitrogen and oxygen atoms in total. The van der Waals surface area contributed by atoms with E-state index in [0.29, 0.717) is 11.8 Å². The van der Waals surface area contributed by atoms with Gasteiger partial charge in [-0.05, 0) is 24.5 Å². The molecule has 0 unspecified atom stereocenters. The molecule has 0 bridgehead atoms. The third-order valence-electron chi connectivity index (χ3n) is 2.95. The van der Waals surface area contributed by atoms with Crippen LogP contribution in [-0.4, -0.2) is 11.4 Å². The minimum atomic E-state index is 0.0157. The van der Waals surface area contributed by atoms with Crippen LogP contribution in [0.3, 0.4) is 0 Å². The topological polar surface area (TPSA) is 37.3 Å². The van der Waals surface area contributed by atoms with Gasteiger partial charge in [0.25, 0.3) is 0 Å². The fourth-order valence-electron chi connectivity index (χ4n) is 1.82. The van der Waals surface area contributed by atoms with Crippen molar-refractivity contribution in [3.8, 4) is 5.75 Å². The van der Waals surface area contributed by atoms with Crippen LogP contribution < -0.4 is 0 Å². The highest BCUT2D eigenvalue weighted by Crippen LogP contribution is 2.19. The quantitative estimate of drug-likeness (QED) is 0.414. The summed E-state index contributed by atoms with van der Waals surface area (Å²) in [6.45, 7) is 2.20. The number of carbonyl (C=O) groups excluding carboxylic acids is 1. The van der Waals surface area contributed by atoms with Crippen molar-refractivity contribution in [2.75, 3.05) is 0 Å². The smallest absolute Gasteiger partial charge is 0.154 e. The van der Waals surface area contributed by atoms with Gasteiger partial charge in [0.15, 0.2) is 6.29 Å². The minimum Gasteiger partial charge on any atom is -0.507 e. The average Bonchev–Trinajstić information content (AvgIpc) is 2.45. The van der Waals surface area contributed by atoms with E-state index in [2.05, 4.69) is 13.0 Å². The third-order valence-corrected chi connectivity index (χ3v) is 2.95. The number of hydrogen-bond donors (Lipinski definition) is 1. The van der Waals surface area contributed by atoms with Crippen molar-refractivity contribution in [1.82, 2.24) is 0 Å². The van der Waals surface area contributed by atoms with Crippen LogP contribution in [0.4, 0.5) is 0 Å². The van der Waals surface area contributed by atoms with Crippen LogP contribution in [0.2, 0.25) is 0 Å². The summed E-state index contributed by atoms with van der Waals surface area (Å²) < 4.78 is 0. The van der Waals surface area contributed by atoms with E-state index in [-0.39, 0.29) is 5.75 Å². The van der Waals surface area contributed by atoms with E-state index in [9.17, 15) is 9.90 Å². The zero-order chi connectivity index (χ0) is 14.6. The Balaban J connectivity index is 2.49. The molecule has 0 radical (unpaired) electrons. The van der Waals surface area contributed by atoms with Gasteiger partial charge >= 0.3 is 0 Å². The second kappa shape index (κ2) is 9.79. The Morgan fingerprint density at radius 2 is 1.90 bits per heavy atom. The van der Waals surface area contributed by atoms with E-state index >= 15 is 0 Å². The lowest BCUT2D eigenvalue weighted by Crippen LogP contribution is -1.85. The number of aldehydes is 1. The maximum atomic E-state index is 10.9. The van der Waals surface area contributed by atoms with Crippen LogP contribution >= 0.6 is 0 Å². The molecule has 0 aromatic heterocycles. The van der Waals surface area contributed by atoms with Crippen molar-refractivity contribution in [2.45, 2.75) is 32.6 Å². The molecule has 0 fully saturated rings. The Kier molecular flexibility index (Phi) is 7.82. The molecule has 0 saturated carbocycles. The van der Waals surface area contributed by atoms with Crippen molar-refractivity contribution in [1.29, 1.82) is 0 Å². The number of rotatable bonds is 8. The van der Waals surface area contributed by atoms with Crippen LogP contribution in [-0.2, 0) is 0 Å². The van der Waals surface area contributed by atoms with Crippen molar-refractivity contribution in [3.63, 3.8) is 0 Å². The van der Waals surface area contributed by atoms with Gasteiger partial charge in [-0.15, -0.1) is 0 Å². The summed E-state index contributed by atoms with van der Waals surface area (Å²) in [6.07, 6.45) is 17.3. The molecule has 1 rings (SSSR count). The fraction of sp³-hybridized carbons (Fsp3) is 0.278. The Morgan fingerprint density at radius 1 is 1.10 bits per heavy atom. The van der Waals surface area contributed by atoms with Crippen molar-refractivity contribution < 1.29 is 9.90 Å². The summed E-state index contributed by atoms with van der Waals surface area (Å²) >= 11 is 0. The summed E-state index contributed by atoms with van der Waals surface area (Å²) in [5, 5.41) is 9.54. The first-order valence-corrected chi connectivity index (χ1v) is 7.06. The largest absolute Gasteiger partial charge is 0.507 e. The highest BCUT2D eigenvalue weighted by Gasteiger charge is 2.02. The second-order valence-electron chi connectivity index (χ2n) is 4.57. The van der Waals surface area contributed by atoms with E-state index in [0.717, 1.165) is 12.0 Å². The molecule has 106 valence electrons. The predicted octanol–water partition coefficient (Wildman–Crippen LogP) is 4.91. The van der Waals surface area contributed by atoms with Gasteiger partial charge in [-0.3, -0.25) is 4.79 Å². The number of allylic oxidation sites excluding steroid dienone is 5. The summed E-state index contributed by atoms with van der Waals surface area (Å²) in [6, 6.07) is 5.03. The molecule has 0 aliphatic rings. The lowest BCUT2D eigenvalue weighted by molar-refractivity contribution is 0.112. The zero-order valence-electron chi connectivity index (χ0n) is 12.0. The summed E-state index contributed by atoms with van der Waals surface area (Å²) in [5.41, 5.74) is 1.05. The van der Waals surface area contributed by atoms with Crippen molar-refractivity contribution in [2.24, 2.45) is 0 Å². The van der Waals surface area contributed by atoms with E-state index in [4.69, 9.17) is 0 Å². The average molecular weight is 270 g/mol. The molecule has 1 aromatic rings. The third kappa shape index (κ3) is 5.70. The number of phenols is 1. The van der Waals surface area contributed by atoms with Crippen molar-refractivity contribution >= 4 is 12.4 Å². The fourth-order valence-corrected chi connectivity index (χ4v) is 1.82. The van der Waals surface area contributed by atoms with E-state index in [1.54, 1.807) is 12.1 Å². The molecule has 0 aliphatic heterocycles. The molecule has 0 aliphatic carbocycles. The van der Waals surface area contributed by atoms with Crippen molar-refractivity contribution in [3.05, 3.63) is 59.7 Å². The van der Waals surface area contributed by atoms with Crippen LogP contribution in [0.1, 0.15) is 48.5 Å². The molecule has 0 spiro atoms. The molecule has 1 aromatic carbocycles. The van der Waals surface area contributed by atoms with Crippen LogP contribution in [0.5, 0.6) is 5.75 Å². The second-order valence-corrected chi connectivity index (χ2v) is 4.57. The Morgan fingerprint density at radius 3 is 2.65 bits per heavy atom. The molecular weight excluding hydrogens is 248 g/mol. The molecule has 0 saturated heterocycles. The maximum Gasteiger partial charge on any atom is 0.154 e. The first kappa shape index (κ1) is 16.0. The predicted molar refractivity (Wildman–Crippen MR) is 85.0 cm³/mol. The van der Waals surface area contributed by atoms with E-state index in [1.807, 2.05) is 30.4 Å². The van der Waals surface area contributed by atoms with Gasteiger partial charge in [-0.1, -0.05) is 68.4 Å². The highest BCUT2D eigenvalue weighted by molar-refractivity contribution is 5.85. The van der Waals surface area contributed by atoms with E-state index < -0.39 is 0 Å². The molecule has 1 N–H and O–H groups in total. The van der Waals surface area contributed by atoms with Gasteiger partial charge in [-0.2, -0.15) is 0 Å². The minimum absolute atomic E-state index is 0.0157. The highest BCUT2D eigenvalue weighted by atomic mass is 16.3. The molecule has 2 heteroatoms. The first-order chi connectivity index (χ1) is 9.79. The van der Waals surface area contributed by atoms with Crippen LogP contribution in [0.25, 0.3) is 6.08 Å². The SMILES string of the molecule is CCCCCC=CC=CC=Cc1cccc(O)c1C=O. The molecule has 0 amide bonds. The Hall–Kier alpha value is -2.09. The molecule has 0 heterocycles. The van der Waals surface area contributed by atoms with Gasteiger partial charge in [0.2, 0.25) is 0 Å². The van der Waals surface area contributed by atoms with Gasteiger partial charge in [0, 0.05) is 0 Å². The van der Waals surface area contributed by atoms with Gasteiger partial charge in [-0.25, -0.2) is 0 Å². The van der Waals surface area contributed by atoms with Crippen LogP contribution in [0.15, 0.2) is 48.6 Å². The maximum absolute atomic E-state index is 10.9. The zero-order valence-corrected chi connectivity index (χ0v) is 12.0.